The first-order valence-corrected chi connectivity index (χ1v) is 9.67. The Bertz CT molecular complexity index is 1250. The Morgan fingerprint density at radius 2 is 1.70 bits per heavy atom. The third kappa shape index (κ3) is 3.20. The Kier molecular flexibility index (Phi) is 4.48. The number of aromatic nitrogens is 2. The van der Waals surface area contributed by atoms with Crippen LogP contribution in [-0.4, -0.2) is 21.4 Å². The first-order chi connectivity index (χ1) is 14.7. The highest BCUT2D eigenvalue weighted by Gasteiger charge is 2.30. The molecule has 5 rings (SSSR count). The van der Waals surface area contributed by atoms with Crippen LogP contribution in [0.2, 0.25) is 0 Å². The summed E-state index contributed by atoms with van der Waals surface area (Å²) in [6.07, 6.45) is 2.13. The van der Waals surface area contributed by atoms with E-state index in [0.29, 0.717) is 18.8 Å². The van der Waals surface area contributed by atoms with Crippen molar-refractivity contribution < 1.29 is 9.66 Å². The van der Waals surface area contributed by atoms with Crippen LogP contribution in [0.5, 0.6) is 11.6 Å². The Balaban J connectivity index is 1.55. The summed E-state index contributed by atoms with van der Waals surface area (Å²) < 4.78 is 5.97. The van der Waals surface area contributed by atoms with Crippen molar-refractivity contribution in [1.29, 1.82) is 0 Å². The molecule has 0 saturated carbocycles. The van der Waals surface area contributed by atoms with Gasteiger partial charge >= 0.3 is 11.6 Å². The molecule has 0 amide bonds. The van der Waals surface area contributed by atoms with Gasteiger partial charge in [-0.3, -0.25) is 10.1 Å². The molecule has 0 fully saturated rings. The topological polar surface area (TPSA) is 81.4 Å². The van der Waals surface area contributed by atoms with Gasteiger partial charge in [0.2, 0.25) is 5.82 Å². The normalized spacial score (nSPS) is 13.1. The minimum Gasteiger partial charge on any atom is -0.433 e. The van der Waals surface area contributed by atoms with Gasteiger partial charge in [0.15, 0.2) is 0 Å². The number of fused-ring (bicyclic) bond motifs is 2. The lowest BCUT2D eigenvalue weighted by Crippen LogP contribution is -2.31. The van der Waals surface area contributed by atoms with E-state index in [0.717, 1.165) is 22.8 Å². The number of rotatable bonds is 4. The van der Waals surface area contributed by atoms with Crippen LogP contribution in [0.25, 0.3) is 10.8 Å². The monoisotopic (exact) mass is 398 g/mol. The molecule has 0 saturated heterocycles. The fraction of sp³-hybridized carbons (Fsp3) is 0.130. The summed E-state index contributed by atoms with van der Waals surface area (Å²) in [5.41, 5.74) is 2.19. The number of hydrogen-bond acceptors (Lipinski definition) is 6. The zero-order valence-corrected chi connectivity index (χ0v) is 16.1. The van der Waals surface area contributed by atoms with Crippen molar-refractivity contribution in [1.82, 2.24) is 9.97 Å². The average Bonchev–Trinajstić information content (AvgIpc) is 2.79. The molecule has 0 radical (unpaired) electrons. The number of nitrogens with zero attached hydrogens (tertiary/aromatic N) is 4. The zero-order valence-electron chi connectivity index (χ0n) is 16.1. The summed E-state index contributed by atoms with van der Waals surface area (Å²) in [7, 11) is 0. The Hall–Kier alpha value is -4.00. The largest absolute Gasteiger partial charge is 0.433 e. The SMILES string of the molecule is O=[N+]([O-])c1c(Oc2cccc3ccccc23)ncnc1N1CCc2ccccc2C1. The third-order valence-corrected chi connectivity index (χ3v) is 5.34. The molecular weight excluding hydrogens is 380 g/mol. The van der Waals surface area contributed by atoms with E-state index in [2.05, 4.69) is 16.0 Å². The summed E-state index contributed by atoms with van der Waals surface area (Å²) in [6, 6.07) is 21.5. The Morgan fingerprint density at radius 1 is 0.933 bits per heavy atom. The van der Waals surface area contributed by atoms with E-state index >= 15 is 0 Å². The highest BCUT2D eigenvalue weighted by atomic mass is 16.6. The van der Waals surface area contributed by atoms with Crippen molar-refractivity contribution in [3.05, 3.63) is 94.3 Å². The number of hydrogen-bond donors (Lipinski definition) is 0. The highest BCUT2D eigenvalue weighted by Crippen LogP contribution is 2.39. The van der Waals surface area contributed by atoms with Crippen LogP contribution in [0, 0.1) is 10.1 Å². The number of nitro groups is 1. The van der Waals surface area contributed by atoms with Gasteiger partial charge in [-0.25, -0.2) is 4.98 Å². The molecule has 4 aromatic rings. The lowest BCUT2D eigenvalue weighted by molar-refractivity contribution is -0.385. The van der Waals surface area contributed by atoms with Crippen molar-refractivity contribution in [2.45, 2.75) is 13.0 Å². The molecular formula is C23H18N4O3. The summed E-state index contributed by atoms with van der Waals surface area (Å²) in [6.45, 7) is 1.20. The maximum absolute atomic E-state index is 12.0. The van der Waals surface area contributed by atoms with Crippen LogP contribution in [0.3, 0.4) is 0 Å². The first-order valence-electron chi connectivity index (χ1n) is 9.67. The maximum atomic E-state index is 12.0. The fourth-order valence-corrected chi connectivity index (χ4v) is 3.89. The first kappa shape index (κ1) is 18.1. The van der Waals surface area contributed by atoms with E-state index < -0.39 is 4.92 Å². The van der Waals surface area contributed by atoms with E-state index in [4.69, 9.17) is 4.74 Å². The maximum Gasteiger partial charge on any atom is 0.373 e. The van der Waals surface area contributed by atoms with E-state index in [-0.39, 0.29) is 17.4 Å². The predicted octanol–water partition coefficient (Wildman–Crippen LogP) is 4.89. The van der Waals surface area contributed by atoms with E-state index in [1.807, 2.05) is 59.5 Å². The standard InChI is InChI=1S/C23H18N4O3/c28-27(29)21-22(26-13-12-16-6-1-2-8-18(16)14-26)24-15-25-23(21)30-20-11-5-9-17-7-3-4-10-19(17)20/h1-11,15H,12-14H2. The van der Waals surface area contributed by atoms with Gasteiger partial charge in [-0.05, 0) is 29.0 Å². The van der Waals surface area contributed by atoms with Crippen molar-refractivity contribution in [3.63, 3.8) is 0 Å². The summed E-state index contributed by atoms with van der Waals surface area (Å²) in [5, 5.41) is 13.9. The smallest absolute Gasteiger partial charge is 0.373 e. The van der Waals surface area contributed by atoms with Gasteiger partial charge in [0, 0.05) is 18.5 Å². The molecule has 0 bridgehead atoms. The molecule has 1 aliphatic rings. The Labute approximate surface area is 172 Å². The molecule has 0 unspecified atom stereocenters. The van der Waals surface area contributed by atoms with Crippen LogP contribution < -0.4 is 9.64 Å². The second kappa shape index (κ2) is 7.44. The molecule has 148 valence electrons. The second-order valence-corrected chi connectivity index (χ2v) is 7.13. The molecule has 0 atom stereocenters. The van der Waals surface area contributed by atoms with Crippen LogP contribution in [-0.2, 0) is 13.0 Å². The molecule has 0 spiro atoms. The minimum absolute atomic E-state index is 0.0554. The fourth-order valence-electron chi connectivity index (χ4n) is 3.89. The Morgan fingerprint density at radius 3 is 2.57 bits per heavy atom. The van der Waals surface area contributed by atoms with Gasteiger partial charge in [-0.2, -0.15) is 4.98 Å². The molecule has 3 aromatic carbocycles. The molecule has 1 aromatic heterocycles. The van der Waals surface area contributed by atoms with Gasteiger partial charge in [-0.15, -0.1) is 0 Å². The molecule has 30 heavy (non-hydrogen) atoms. The van der Waals surface area contributed by atoms with Crippen LogP contribution in [0.1, 0.15) is 11.1 Å². The zero-order chi connectivity index (χ0) is 20.5. The second-order valence-electron chi connectivity index (χ2n) is 7.13. The van der Waals surface area contributed by atoms with Crippen molar-refractivity contribution in [2.24, 2.45) is 0 Å². The molecule has 7 nitrogen and oxygen atoms in total. The van der Waals surface area contributed by atoms with Gasteiger partial charge in [0.05, 0.1) is 4.92 Å². The van der Waals surface area contributed by atoms with E-state index in [1.54, 1.807) is 6.07 Å². The number of ether oxygens (including phenoxy) is 1. The van der Waals surface area contributed by atoms with Crippen LogP contribution >= 0.6 is 0 Å². The van der Waals surface area contributed by atoms with Crippen LogP contribution in [0.15, 0.2) is 73.1 Å². The molecule has 7 heteroatoms. The van der Waals surface area contributed by atoms with E-state index in [1.165, 1.54) is 11.9 Å². The summed E-state index contributed by atoms with van der Waals surface area (Å²) in [4.78, 5) is 21.8. The van der Waals surface area contributed by atoms with Crippen molar-refractivity contribution in [3.8, 4) is 11.6 Å². The van der Waals surface area contributed by atoms with Gasteiger partial charge in [-0.1, -0.05) is 60.7 Å². The number of benzene rings is 3. The summed E-state index contributed by atoms with van der Waals surface area (Å²) >= 11 is 0. The van der Waals surface area contributed by atoms with Crippen molar-refractivity contribution in [2.75, 3.05) is 11.4 Å². The van der Waals surface area contributed by atoms with Crippen molar-refractivity contribution >= 4 is 22.3 Å². The molecule has 0 N–H and O–H groups in total. The predicted molar refractivity (Wildman–Crippen MR) is 114 cm³/mol. The third-order valence-electron chi connectivity index (χ3n) is 5.34. The van der Waals surface area contributed by atoms with Gasteiger partial charge < -0.3 is 9.64 Å². The minimum atomic E-state index is -0.462. The molecule has 1 aliphatic heterocycles. The average molecular weight is 398 g/mol. The lowest BCUT2D eigenvalue weighted by Gasteiger charge is -2.29. The lowest BCUT2D eigenvalue weighted by atomic mass is 10.00. The quantitative estimate of drug-likeness (QED) is 0.359. The number of anilines is 1. The van der Waals surface area contributed by atoms with Gasteiger partial charge in [0.1, 0.15) is 12.1 Å². The highest BCUT2D eigenvalue weighted by molar-refractivity contribution is 5.88. The van der Waals surface area contributed by atoms with Gasteiger partial charge in [0.25, 0.3) is 0 Å². The molecule has 0 aliphatic carbocycles. The van der Waals surface area contributed by atoms with E-state index in [9.17, 15) is 10.1 Å². The molecule has 2 heterocycles. The summed E-state index contributed by atoms with van der Waals surface area (Å²) in [5.74, 6) is 0.741. The van der Waals surface area contributed by atoms with Crippen LogP contribution in [0.4, 0.5) is 11.5 Å².